The smallest absolute Gasteiger partial charge is 0.419 e. The van der Waals surface area contributed by atoms with Gasteiger partial charge in [-0.2, -0.15) is 24.9 Å². The summed E-state index contributed by atoms with van der Waals surface area (Å²) >= 11 is 1.72. The molecule has 2 nitrogen and oxygen atoms in total. The predicted molar refractivity (Wildman–Crippen MR) is 70.5 cm³/mol. The zero-order valence-corrected chi connectivity index (χ0v) is 11.5. The second-order valence-electron chi connectivity index (χ2n) is 3.89. The lowest BCUT2D eigenvalue weighted by atomic mass is 10.1. The van der Waals surface area contributed by atoms with E-state index >= 15 is 0 Å². The van der Waals surface area contributed by atoms with Crippen molar-refractivity contribution in [3.63, 3.8) is 0 Å². The van der Waals surface area contributed by atoms with Crippen LogP contribution in [0.2, 0.25) is 0 Å². The van der Waals surface area contributed by atoms with Crippen molar-refractivity contribution in [1.29, 1.82) is 0 Å². The lowest BCUT2D eigenvalue weighted by molar-refractivity contribution is -0.139. The van der Waals surface area contributed by atoms with E-state index < -0.39 is 18.3 Å². The van der Waals surface area contributed by atoms with Crippen LogP contribution in [-0.4, -0.2) is 23.2 Å². The van der Waals surface area contributed by atoms with E-state index in [1.807, 2.05) is 6.92 Å². The fourth-order valence-electron chi connectivity index (χ4n) is 1.51. The second-order valence-corrected chi connectivity index (χ2v) is 5.28. The molecule has 0 aliphatic carbocycles. The number of hydrogen-bond donors (Lipinski definition) is 1. The molecule has 0 aliphatic rings. The van der Waals surface area contributed by atoms with Gasteiger partial charge in [-0.1, -0.05) is 13.0 Å². The molecule has 0 fully saturated rings. The van der Waals surface area contributed by atoms with Crippen LogP contribution in [0.3, 0.4) is 0 Å². The molecule has 0 unspecified atom stereocenters. The summed E-state index contributed by atoms with van der Waals surface area (Å²) in [6.45, 7) is 1.87. The van der Waals surface area contributed by atoms with Crippen molar-refractivity contribution in [2.45, 2.75) is 26.1 Å². The molecule has 1 N–H and O–H groups in total. The fourth-order valence-corrected chi connectivity index (χ4v) is 2.12. The third-order valence-electron chi connectivity index (χ3n) is 2.43. The van der Waals surface area contributed by atoms with Gasteiger partial charge in [-0.3, -0.25) is 0 Å². The van der Waals surface area contributed by atoms with Crippen LogP contribution >= 0.6 is 11.8 Å². The van der Waals surface area contributed by atoms with E-state index in [-0.39, 0.29) is 17.9 Å². The van der Waals surface area contributed by atoms with E-state index in [1.54, 1.807) is 11.8 Å². The molecule has 0 spiro atoms. The Labute approximate surface area is 115 Å². The zero-order valence-electron chi connectivity index (χ0n) is 10.7. The molecule has 0 aliphatic heterocycles. The molecule has 0 radical (unpaired) electrons. The van der Waals surface area contributed by atoms with E-state index in [4.69, 9.17) is 9.84 Å². The average Bonchev–Trinajstić information content (AvgIpc) is 2.37. The molecular formula is C13H17F3O2S. The Morgan fingerprint density at radius 2 is 2.05 bits per heavy atom. The Balaban J connectivity index is 2.71. The summed E-state index contributed by atoms with van der Waals surface area (Å²) in [4.78, 5) is 0. The maximum Gasteiger partial charge on any atom is 0.419 e. The Morgan fingerprint density at radius 3 is 2.63 bits per heavy atom. The fraction of sp³-hybridized carbons (Fsp3) is 0.538. The molecule has 0 aromatic heterocycles. The predicted octanol–water partition coefficient (Wildman–Crippen LogP) is 3.72. The van der Waals surface area contributed by atoms with Gasteiger partial charge in [0, 0.05) is 0 Å². The van der Waals surface area contributed by atoms with Crippen molar-refractivity contribution in [2.24, 2.45) is 0 Å². The van der Waals surface area contributed by atoms with Crippen molar-refractivity contribution in [1.82, 2.24) is 0 Å². The number of aliphatic hydroxyl groups excluding tert-OH is 1. The number of halogens is 3. The summed E-state index contributed by atoms with van der Waals surface area (Å²) in [5, 5.41) is 8.88. The number of hydrogen-bond acceptors (Lipinski definition) is 3. The van der Waals surface area contributed by atoms with E-state index in [9.17, 15) is 13.2 Å². The van der Waals surface area contributed by atoms with Crippen LogP contribution in [0.5, 0.6) is 5.75 Å². The molecule has 0 saturated heterocycles. The van der Waals surface area contributed by atoms with Crippen LogP contribution in [0.15, 0.2) is 18.2 Å². The number of benzene rings is 1. The lowest BCUT2D eigenvalue weighted by Gasteiger charge is -2.15. The van der Waals surface area contributed by atoms with E-state index in [2.05, 4.69) is 0 Å². The van der Waals surface area contributed by atoms with Crippen LogP contribution < -0.4 is 4.74 Å². The number of alkyl halides is 3. The van der Waals surface area contributed by atoms with Crippen molar-refractivity contribution >= 4 is 11.8 Å². The molecule has 108 valence electrons. The van der Waals surface area contributed by atoms with E-state index in [0.717, 1.165) is 17.6 Å². The first-order chi connectivity index (χ1) is 8.99. The Hall–Kier alpha value is -0.880. The Morgan fingerprint density at radius 1 is 1.32 bits per heavy atom. The van der Waals surface area contributed by atoms with E-state index in [0.29, 0.717) is 6.42 Å². The Bertz CT molecular complexity index is 394. The SMILES string of the molecule is CCSCCCOc1ccc(CO)cc1C(F)(F)F. The molecule has 0 saturated carbocycles. The van der Waals surface area contributed by atoms with Gasteiger partial charge >= 0.3 is 6.18 Å². The highest BCUT2D eigenvalue weighted by atomic mass is 32.2. The second kappa shape index (κ2) is 7.65. The van der Waals surface area contributed by atoms with Gasteiger partial charge in [0.05, 0.1) is 18.8 Å². The number of ether oxygens (including phenoxy) is 1. The molecular weight excluding hydrogens is 277 g/mol. The van der Waals surface area contributed by atoms with Gasteiger partial charge in [-0.15, -0.1) is 0 Å². The highest BCUT2D eigenvalue weighted by Gasteiger charge is 2.34. The molecule has 0 heterocycles. The van der Waals surface area contributed by atoms with Crippen molar-refractivity contribution < 1.29 is 23.0 Å². The average molecular weight is 294 g/mol. The van der Waals surface area contributed by atoms with Crippen molar-refractivity contribution in [3.05, 3.63) is 29.3 Å². The monoisotopic (exact) mass is 294 g/mol. The van der Waals surface area contributed by atoms with Gasteiger partial charge in [0.1, 0.15) is 5.75 Å². The van der Waals surface area contributed by atoms with Crippen LogP contribution in [0.1, 0.15) is 24.5 Å². The zero-order chi connectivity index (χ0) is 14.3. The Kier molecular flexibility index (Phi) is 6.51. The van der Waals surface area contributed by atoms with Gasteiger partial charge in [0.2, 0.25) is 0 Å². The number of aliphatic hydroxyl groups is 1. The molecule has 0 amide bonds. The summed E-state index contributed by atoms with van der Waals surface area (Å²) in [5.41, 5.74) is -0.608. The van der Waals surface area contributed by atoms with Crippen LogP contribution in [0.25, 0.3) is 0 Å². The van der Waals surface area contributed by atoms with Gasteiger partial charge in [-0.25, -0.2) is 0 Å². The van der Waals surface area contributed by atoms with Gasteiger partial charge in [0.15, 0.2) is 0 Å². The highest BCUT2D eigenvalue weighted by molar-refractivity contribution is 7.99. The molecule has 19 heavy (non-hydrogen) atoms. The first kappa shape index (κ1) is 16.2. The minimum Gasteiger partial charge on any atom is -0.493 e. The number of thioether (sulfide) groups is 1. The van der Waals surface area contributed by atoms with Crippen LogP contribution in [0.4, 0.5) is 13.2 Å². The first-order valence-corrected chi connectivity index (χ1v) is 7.16. The van der Waals surface area contributed by atoms with Crippen molar-refractivity contribution in [2.75, 3.05) is 18.1 Å². The topological polar surface area (TPSA) is 29.5 Å². The highest BCUT2D eigenvalue weighted by Crippen LogP contribution is 2.36. The van der Waals surface area contributed by atoms with E-state index in [1.165, 1.54) is 12.1 Å². The van der Waals surface area contributed by atoms with Crippen molar-refractivity contribution in [3.8, 4) is 5.75 Å². The third kappa shape index (κ3) is 5.32. The molecule has 0 atom stereocenters. The van der Waals surface area contributed by atoms with Gasteiger partial charge in [-0.05, 0) is 35.6 Å². The standard InChI is InChI=1S/C13H17F3O2S/c1-2-19-7-3-6-18-12-5-4-10(9-17)8-11(12)13(14,15)16/h4-5,8,17H,2-3,6-7,9H2,1H3. The first-order valence-electron chi connectivity index (χ1n) is 6.00. The molecule has 1 aromatic carbocycles. The molecule has 0 bridgehead atoms. The lowest BCUT2D eigenvalue weighted by Crippen LogP contribution is -2.10. The number of rotatable bonds is 7. The summed E-state index contributed by atoms with van der Waals surface area (Å²) in [6, 6.07) is 3.63. The molecule has 6 heteroatoms. The van der Waals surface area contributed by atoms with Gasteiger partial charge in [0.25, 0.3) is 0 Å². The van der Waals surface area contributed by atoms with Crippen LogP contribution in [-0.2, 0) is 12.8 Å². The summed E-state index contributed by atoms with van der Waals surface area (Å²) < 4.78 is 43.7. The molecule has 1 rings (SSSR count). The quantitative estimate of drug-likeness (QED) is 0.777. The largest absolute Gasteiger partial charge is 0.493 e. The summed E-state index contributed by atoms with van der Waals surface area (Å²) in [6.07, 6.45) is -3.77. The molecule has 1 aromatic rings. The minimum absolute atomic E-state index is 0.175. The summed E-state index contributed by atoms with van der Waals surface area (Å²) in [5.74, 6) is 1.68. The maximum atomic E-state index is 12.8. The van der Waals surface area contributed by atoms with Crippen LogP contribution in [0, 0.1) is 0 Å². The minimum atomic E-state index is -4.47. The normalized spacial score (nSPS) is 11.6. The van der Waals surface area contributed by atoms with Gasteiger partial charge < -0.3 is 9.84 Å². The maximum absolute atomic E-state index is 12.8. The summed E-state index contributed by atoms with van der Waals surface area (Å²) in [7, 11) is 0. The third-order valence-corrected chi connectivity index (χ3v) is 3.41.